The third-order valence-electron chi connectivity index (χ3n) is 5.06. The summed E-state index contributed by atoms with van der Waals surface area (Å²) in [7, 11) is 0. The highest BCUT2D eigenvalue weighted by Crippen LogP contribution is 2.21. The summed E-state index contributed by atoms with van der Waals surface area (Å²) < 4.78 is 19.2. The summed E-state index contributed by atoms with van der Waals surface area (Å²) in [6, 6.07) is 13.9. The van der Waals surface area contributed by atoms with Crippen LogP contribution < -0.4 is 5.32 Å². The van der Waals surface area contributed by atoms with E-state index in [0.717, 1.165) is 38.2 Å². The molecule has 1 N–H and O–H groups in total. The lowest BCUT2D eigenvalue weighted by molar-refractivity contribution is 0.0906. The number of likely N-dealkylation sites (tertiary alicyclic amines) is 1. The van der Waals surface area contributed by atoms with E-state index in [-0.39, 0.29) is 17.8 Å². The van der Waals surface area contributed by atoms with E-state index in [0.29, 0.717) is 16.8 Å². The van der Waals surface area contributed by atoms with Crippen LogP contribution >= 0.6 is 0 Å². The number of rotatable bonds is 5. The Bertz CT molecular complexity index is 917. The SMILES string of the molecule is O=C(NC1CCN(Cc2ccco2)CC1)c1ccc(-c2ncccc2F)cc1. The second kappa shape index (κ2) is 8.35. The van der Waals surface area contributed by atoms with Gasteiger partial charge >= 0.3 is 0 Å². The van der Waals surface area contributed by atoms with Crippen molar-refractivity contribution < 1.29 is 13.6 Å². The molecule has 4 rings (SSSR count). The number of benzene rings is 1. The summed E-state index contributed by atoms with van der Waals surface area (Å²) in [4.78, 5) is 18.9. The average Bonchev–Trinajstić information content (AvgIpc) is 3.23. The van der Waals surface area contributed by atoms with Crippen molar-refractivity contribution in [2.45, 2.75) is 25.4 Å². The van der Waals surface area contributed by atoms with Crippen LogP contribution in [0.1, 0.15) is 29.0 Å². The van der Waals surface area contributed by atoms with Gasteiger partial charge in [0.15, 0.2) is 0 Å². The lowest BCUT2D eigenvalue weighted by Crippen LogP contribution is -2.44. The van der Waals surface area contributed by atoms with Crippen LogP contribution in [-0.4, -0.2) is 34.9 Å². The molecule has 1 saturated heterocycles. The van der Waals surface area contributed by atoms with Crippen LogP contribution in [0.15, 0.2) is 65.4 Å². The number of hydrogen-bond acceptors (Lipinski definition) is 4. The molecule has 28 heavy (non-hydrogen) atoms. The number of halogens is 1. The van der Waals surface area contributed by atoms with Crippen LogP contribution in [-0.2, 0) is 6.54 Å². The Balaban J connectivity index is 1.31. The third-order valence-corrected chi connectivity index (χ3v) is 5.06. The minimum Gasteiger partial charge on any atom is -0.468 e. The van der Waals surface area contributed by atoms with Crippen molar-refractivity contribution in [2.75, 3.05) is 13.1 Å². The minimum absolute atomic E-state index is 0.0995. The topological polar surface area (TPSA) is 58.4 Å². The van der Waals surface area contributed by atoms with Crippen molar-refractivity contribution in [3.05, 3.63) is 78.1 Å². The Kier molecular flexibility index (Phi) is 5.48. The molecule has 0 unspecified atom stereocenters. The van der Waals surface area contributed by atoms with Crippen LogP contribution in [0, 0.1) is 5.82 Å². The van der Waals surface area contributed by atoms with Gasteiger partial charge in [-0.3, -0.25) is 14.7 Å². The molecule has 0 spiro atoms. The molecule has 0 bridgehead atoms. The quantitative estimate of drug-likeness (QED) is 0.731. The zero-order chi connectivity index (χ0) is 19.3. The summed E-state index contributed by atoms with van der Waals surface area (Å²) in [5.74, 6) is 0.491. The highest BCUT2D eigenvalue weighted by atomic mass is 19.1. The van der Waals surface area contributed by atoms with Gasteiger partial charge in [0.05, 0.1) is 12.8 Å². The molecular formula is C22H22FN3O2. The van der Waals surface area contributed by atoms with Crippen molar-refractivity contribution in [1.82, 2.24) is 15.2 Å². The number of amides is 1. The average molecular weight is 379 g/mol. The molecule has 3 heterocycles. The molecule has 1 aliphatic rings. The maximum absolute atomic E-state index is 13.8. The first-order valence-corrected chi connectivity index (χ1v) is 9.45. The number of carbonyl (C=O) groups excluding carboxylic acids is 1. The number of nitrogens with zero attached hydrogens (tertiary/aromatic N) is 2. The van der Waals surface area contributed by atoms with Gasteiger partial charge in [-0.1, -0.05) is 12.1 Å². The van der Waals surface area contributed by atoms with E-state index in [1.165, 1.54) is 6.07 Å². The number of hydrogen-bond donors (Lipinski definition) is 1. The summed E-state index contributed by atoms with van der Waals surface area (Å²) in [6.07, 6.45) is 5.06. The molecule has 3 aromatic rings. The molecule has 1 aromatic carbocycles. The van der Waals surface area contributed by atoms with Gasteiger partial charge in [-0.25, -0.2) is 4.39 Å². The summed E-state index contributed by atoms with van der Waals surface area (Å²) in [5.41, 5.74) is 1.51. The molecule has 2 aromatic heterocycles. The highest BCUT2D eigenvalue weighted by Gasteiger charge is 2.21. The van der Waals surface area contributed by atoms with Crippen molar-refractivity contribution in [2.24, 2.45) is 0 Å². The van der Waals surface area contributed by atoms with Gasteiger partial charge in [0.1, 0.15) is 17.3 Å². The van der Waals surface area contributed by atoms with E-state index < -0.39 is 0 Å². The Hall–Kier alpha value is -2.99. The van der Waals surface area contributed by atoms with E-state index in [9.17, 15) is 9.18 Å². The number of furan rings is 1. The van der Waals surface area contributed by atoms with Gasteiger partial charge in [-0.15, -0.1) is 0 Å². The van der Waals surface area contributed by atoms with E-state index in [4.69, 9.17) is 4.42 Å². The molecule has 1 aliphatic heterocycles. The van der Waals surface area contributed by atoms with Crippen molar-refractivity contribution in [1.29, 1.82) is 0 Å². The molecule has 0 aliphatic carbocycles. The first kappa shape index (κ1) is 18.4. The molecule has 1 amide bonds. The Morgan fingerprint density at radius 2 is 1.93 bits per heavy atom. The molecule has 5 nitrogen and oxygen atoms in total. The van der Waals surface area contributed by atoms with Crippen LogP contribution in [0.3, 0.4) is 0 Å². The largest absolute Gasteiger partial charge is 0.468 e. The first-order chi connectivity index (χ1) is 13.7. The molecule has 0 saturated carbocycles. The van der Waals surface area contributed by atoms with Gasteiger partial charge in [-0.05, 0) is 49.2 Å². The van der Waals surface area contributed by atoms with Crippen LogP contribution in [0.25, 0.3) is 11.3 Å². The van der Waals surface area contributed by atoms with Crippen molar-refractivity contribution in [3.8, 4) is 11.3 Å². The van der Waals surface area contributed by atoms with Gasteiger partial charge < -0.3 is 9.73 Å². The monoisotopic (exact) mass is 379 g/mol. The molecule has 0 radical (unpaired) electrons. The first-order valence-electron chi connectivity index (χ1n) is 9.45. The van der Waals surface area contributed by atoms with Crippen LogP contribution in [0.2, 0.25) is 0 Å². The minimum atomic E-state index is -0.374. The number of piperidine rings is 1. The summed E-state index contributed by atoms with van der Waals surface area (Å²) >= 11 is 0. The smallest absolute Gasteiger partial charge is 0.251 e. The number of nitrogens with one attached hydrogen (secondary N) is 1. The number of pyridine rings is 1. The lowest BCUT2D eigenvalue weighted by atomic mass is 10.0. The number of aromatic nitrogens is 1. The van der Waals surface area contributed by atoms with Crippen LogP contribution in [0.4, 0.5) is 4.39 Å². The molecule has 1 fully saturated rings. The zero-order valence-electron chi connectivity index (χ0n) is 15.5. The Morgan fingerprint density at radius 1 is 1.14 bits per heavy atom. The molecular weight excluding hydrogens is 357 g/mol. The fourth-order valence-electron chi connectivity index (χ4n) is 3.50. The lowest BCUT2D eigenvalue weighted by Gasteiger charge is -2.31. The Morgan fingerprint density at radius 3 is 2.61 bits per heavy atom. The fraction of sp³-hybridized carbons (Fsp3) is 0.273. The maximum Gasteiger partial charge on any atom is 0.251 e. The van der Waals surface area contributed by atoms with E-state index in [1.54, 1.807) is 42.8 Å². The van der Waals surface area contributed by atoms with E-state index in [1.807, 2.05) is 12.1 Å². The summed E-state index contributed by atoms with van der Waals surface area (Å²) in [5, 5.41) is 3.11. The van der Waals surface area contributed by atoms with Gasteiger partial charge in [0, 0.05) is 36.5 Å². The van der Waals surface area contributed by atoms with Gasteiger partial charge in [0.2, 0.25) is 0 Å². The van der Waals surface area contributed by atoms with Crippen molar-refractivity contribution in [3.63, 3.8) is 0 Å². The summed E-state index contributed by atoms with van der Waals surface area (Å²) in [6.45, 7) is 2.65. The molecule has 0 atom stereocenters. The zero-order valence-corrected chi connectivity index (χ0v) is 15.5. The second-order valence-electron chi connectivity index (χ2n) is 7.01. The van der Waals surface area contributed by atoms with Gasteiger partial charge in [-0.2, -0.15) is 0 Å². The molecule has 144 valence electrons. The number of carbonyl (C=O) groups is 1. The van der Waals surface area contributed by atoms with Gasteiger partial charge in [0.25, 0.3) is 5.91 Å². The fourth-order valence-corrected chi connectivity index (χ4v) is 3.50. The van der Waals surface area contributed by atoms with Crippen molar-refractivity contribution >= 4 is 5.91 Å². The predicted molar refractivity (Wildman–Crippen MR) is 104 cm³/mol. The standard InChI is InChI=1S/C22H22FN3O2/c23-20-4-1-11-24-21(20)16-5-7-17(8-6-16)22(27)25-18-9-12-26(13-10-18)15-19-3-2-14-28-19/h1-8,11,14,18H,9-10,12-13,15H2,(H,25,27). The van der Waals surface area contributed by atoms with E-state index in [2.05, 4.69) is 15.2 Å². The normalized spacial score (nSPS) is 15.5. The highest BCUT2D eigenvalue weighted by molar-refractivity contribution is 5.94. The van der Waals surface area contributed by atoms with E-state index >= 15 is 0 Å². The predicted octanol–water partition coefficient (Wildman–Crippen LogP) is 3.88. The molecule has 6 heteroatoms. The third kappa shape index (κ3) is 4.28. The maximum atomic E-state index is 13.8. The van der Waals surface area contributed by atoms with Crippen LogP contribution in [0.5, 0.6) is 0 Å². The second-order valence-corrected chi connectivity index (χ2v) is 7.01. The Labute approximate surface area is 163 Å².